The first kappa shape index (κ1) is 37.8. The van der Waals surface area contributed by atoms with Crippen LogP contribution < -0.4 is 10.1 Å². The molecule has 0 saturated carbocycles. The first-order chi connectivity index (χ1) is 21.2. The Morgan fingerprint density at radius 1 is 0.956 bits per heavy atom. The highest BCUT2D eigenvalue weighted by atomic mass is 32.2. The van der Waals surface area contributed by atoms with Crippen molar-refractivity contribution in [3.8, 4) is 11.8 Å². The number of rotatable bonds is 17. The molecule has 0 aliphatic heterocycles. The fraction of sp³-hybridized carbons (Fsp3) is 0.515. The molecule has 0 spiro atoms. The molecule has 0 aromatic heterocycles. The number of hydrogen-bond acceptors (Lipinski definition) is 6. The van der Waals surface area contributed by atoms with Gasteiger partial charge in [0, 0.05) is 48.9 Å². The van der Waals surface area contributed by atoms with Crippen LogP contribution in [-0.2, 0) is 16.4 Å². The molecule has 9 nitrogen and oxygen atoms in total. The number of aliphatic hydroxyl groups is 1. The summed E-state index contributed by atoms with van der Waals surface area (Å²) in [6, 6.07) is 6.42. The van der Waals surface area contributed by atoms with E-state index in [-0.39, 0.29) is 53.8 Å². The van der Waals surface area contributed by atoms with Gasteiger partial charge in [-0.1, -0.05) is 40.5 Å². The summed E-state index contributed by atoms with van der Waals surface area (Å²) in [5.41, 5.74) is 1.02. The second kappa shape index (κ2) is 17.9. The fourth-order valence-electron chi connectivity index (χ4n) is 4.91. The van der Waals surface area contributed by atoms with Gasteiger partial charge in [0.1, 0.15) is 11.6 Å². The number of halogens is 2. The zero-order valence-corrected chi connectivity index (χ0v) is 27.8. The Morgan fingerprint density at radius 2 is 1.56 bits per heavy atom. The van der Waals surface area contributed by atoms with Crippen LogP contribution >= 0.6 is 0 Å². The SMILES string of the molecule is CC#Cc1cc(C(=O)NC(Cc2cc(F)cc(F)c2)C(O)CN(CC)NS(=O)(=O)CC(C)C)cc(C(=O)N(CCC)CCC)c1. The molecule has 2 rings (SSSR count). The Balaban J connectivity index is 2.46. The predicted molar refractivity (Wildman–Crippen MR) is 172 cm³/mol. The number of carbonyl (C=O) groups is 2. The van der Waals surface area contributed by atoms with Gasteiger partial charge < -0.3 is 15.3 Å². The van der Waals surface area contributed by atoms with E-state index in [2.05, 4.69) is 22.0 Å². The zero-order valence-electron chi connectivity index (χ0n) is 27.0. The van der Waals surface area contributed by atoms with E-state index in [1.54, 1.807) is 38.7 Å². The van der Waals surface area contributed by atoms with Crippen molar-refractivity contribution in [1.82, 2.24) is 20.1 Å². The molecule has 2 aromatic rings. The maximum absolute atomic E-state index is 14.1. The van der Waals surface area contributed by atoms with E-state index in [0.29, 0.717) is 18.7 Å². The van der Waals surface area contributed by atoms with Gasteiger partial charge in [-0.15, -0.1) is 10.8 Å². The number of nitrogens with one attached hydrogen (secondary N) is 2. The van der Waals surface area contributed by atoms with Gasteiger partial charge in [-0.2, -0.15) is 0 Å². The summed E-state index contributed by atoms with van der Waals surface area (Å²) < 4.78 is 53.2. The van der Waals surface area contributed by atoms with Crippen LogP contribution in [0.4, 0.5) is 8.78 Å². The molecular weight excluding hydrogens is 602 g/mol. The monoisotopic (exact) mass is 648 g/mol. The molecule has 2 amide bonds. The highest BCUT2D eigenvalue weighted by molar-refractivity contribution is 7.89. The van der Waals surface area contributed by atoms with Gasteiger partial charge in [0.15, 0.2) is 0 Å². The third-order valence-corrected chi connectivity index (χ3v) is 8.40. The van der Waals surface area contributed by atoms with Gasteiger partial charge in [-0.25, -0.2) is 22.2 Å². The normalized spacial score (nSPS) is 12.9. The molecule has 0 heterocycles. The summed E-state index contributed by atoms with van der Waals surface area (Å²) >= 11 is 0. The Bertz CT molecular complexity index is 1450. The lowest BCUT2D eigenvalue weighted by Crippen LogP contribution is -2.53. The van der Waals surface area contributed by atoms with Gasteiger partial charge in [0.05, 0.1) is 17.9 Å². The lowest BCUT2D eigenvalue weighted by molar-refractivity contribution is 0.0634. The van der Waals surface area contributed by atoms with Gasteiger partial charge in [0.25, 0.3) is 11.8 Å². The number of hydrogen-bond donors (Lipinski definition) is 3. The molecule has 2 unspecified atom stereocenters. The van der Waals surface area contributed by atoms with Crippen LogP contribution in [0.3, 0.4) is 0 Å². The standard InChI is InChI=1S/C33H46F2N4O5S/c1-7-11-24-14-26(19-27(15-24)33(42)38(12-8-2)13-9-3)32(41)36-30(18-25-16-28(34)20-29(35)17-25)31(40)21-39(10-4)37-45(43,44)22-23(5)6/h14-17,19-20,23,30-31,37,40H,8-10,12-13,18,21-22H2,1-6H3,(H,36,41). The zero-order chi connectivity index (χ0) is 33.7. The number of carbonyl (C=O) groups excluding carboxylic acids is 2. The number of amides is 2. The highest BCUT2D eigenvalue weighted by Gasteiger charge is 2.27. The van der Waals surface area contributed by atoms with Crippen LogP contribution in [-0.4, -0.2) is 79.3 Å². The van der Waals surface area contributed by atoms with Crippen LogP contribution in [0.2, 0.25) is 0 Å². The summed E-state index contributed by atoms with van der Waals surface area (Å²) in [7, 11) is -3.71. The van der Waals surface area contributed by atoms with E-state index >= 15 is 0 Å². The van der Waals surface area contributed by atoms with Crippen molar-refractivity contribution in [2.24, 2.45) is 5.92 Å². The van der Waals surface area contributed by atoms with Crippen LogP contribution in [0.25, 0.3) is 0 Å². The molecule has 0 saturated heterocycles. The van der Waals surface area contributed by atoms with Crippen molar-refractivity contribution < 1.29 is 31.9 Å². The Labute approximate surface area is 266 Å². The van der Waals surface area contributed by atoms with E-state index in [1.807, 2.05) is 13.8 Å². The van der Waals surface area contributed by atoms with Gasteiger partial charge >= 0.3 is 0 Å². The quantitative estimate of drug-likeness (QED) is 0.176. The molecule has 2 aromatic carbocycles. The van der Waals surface area contributed by atoms with E-state index in [1.165, 1.54) is 17.1 Å². The molecule has 0 aliphatic rings. The van der Waals surface area contributed by atoms with Crippen LogP contribution in [0.1, 0.15) is 86.2 Å². The Morgan fingerprint density at radius 3 is 2.09 bits per heavy atom. The van der Waals surface area contributed by atoms with E-state index in [4.69, 9.17) is 0 Å². The van der Waals surface area contributed by atoms with Gasteiger partial charge in [0.2, 0.25) is 10.0 Å². The molecule has 0 fully saturated rings. The summed E-state index contributed by atoms with van der Waals surface area (Å²) in [6.45, 7) is 11.9. The third-order valence-electron chi connectivity index (χ3n) is 6.75. The summed E-state index contributed by atoms with van der Waals surface area (Å²) in [6.07, 6.45) is -0.0167. The molecule has 248 valence electrons. The van der Waals surface area contributed by atoms with Crippen LogP contribution in [0, 0.1) is 29.4 Å². The van der Waals surface area contributed by atoms with E-state index in [9.17, 15) is 31.9 Å². The minimum atomic E-state index is -3.71. The number of nitrogens with zero attached hydrogens (tertiary/aromatic N) is 2. The largest absolute Gasteiger partial charge is 0.390 e. The molecule has 12 heteroatoms. The number of likely N-dealkylation sites (N-methyl/N-ethyl adjacent to an activating group) is 1. The lowest BCUT2D eigenvalue weighted by atomic mass is 9.99. The van der Waals surface area contributed by atoms with Crippen molar-refractivity contribution in [1.29, 1.82) is 0 Å². The number of sulfonamides is 1. The van der Waals surface area contributed by atoms with E-state index < -0.39 is 39.7 Å². The van der Waals surface area contributed by atoms with Crippen molar-refractivity contribution in [2.45, 2.75) is 73.0 Å². The Hall–Kier alpha value is -3.37. The van der Waals surface area contributed by atoms with Crippen LogP contribution in [0.5, 0.6) is 0 Å². The summed E-state index contributed by atoms with van der Waals surface area (Å²) in [4.78, 5) is 31.2. The summed E-state index contributed by atoms with van der Waals surface area (Å²) in [5, 5.41) is 15.3. The maximum atomic E-state index is 14.1. The Kier molecular flexibility index (Phi) is 15.1. The number of aliphatic hydroxyl groups excluding tert-OH is 1. The van der Waals surface area contributed by atoms with Gasteiger partial charge in [-0.3, -0.25) is 9.59 Å². The predicted octanol–water partition coefficient (Wildman–Crippen LogP) is 4.11. The smallest absolute Gasteiger partial charge is 0.253 e. The topological polar surface area (TPSA) is 119 Å². The second-order valence-electron chi connectivity index (χ2n) is 11.4. The van der Waals surface area contributed by atoms with Gasteiger partial charge in [-0.05, 0) is 68.0 Å². The minimum Gasteiger partial charge on any atom is -0.390 e. The lowest BCUT2D eigenvalue weighted by Gasteiger charge is -2.30. The van der Waals surface area contributed by atoms with Crippen molar-refractivity contribution in [3.05, 3.63) is 70.3 Å². The van der Waals surface area contributed by atoms with Crippen molar-refractivity contribution >= 4 is 21.8 Å². The number of hydrazine groups is 1. The molecule has 45 heavy (non-hydrogen) atoms. The number of benzene rings is 2. The van der Waals surface area contributed by atoms with E-state index in [0.717, 1.165) is 31.0 Å². The van der Waals surface area contributed by atoms with Crippen LogP contribution in [0.15, 0.2) is 36.4 Å². The molecule has 3 N–H and O–H groups in total. The molecular formula is C33H46F2N4O5S. The third kappa shape index (κ3) is 12.5. The second-order valence-corrected chi connectivity index (χ2v) is 13.1. The molecule has 0 aliphatic carbocycles. The first-order valence-corrected chi connectivity index (χ1v) is 16.9. The maximum Gasteiger partial charge on any atom is 0.253 e. The highest BCUT2D eigenvalue weighted by Crippen LogP contribution is 2.17. The van der Waals surface area contributed by atoms with Crippen molar-refractivity contribution in [2.75, 3.05) is 31.9 Å². The molecule has 2 atom stereocenters. The van der Waals surface area contributed by atoms with Crippen molar-refractivity contribution in [3.63, 3.8) is 0 Å². The molecule has 0 bridgehead atoms. The fourth-order valence-corrected chi connectivity index (χ4v) is 6.46. The average molecular weight is 649 g/mol. The average Bonchev–Trinajstić information content (AvgIpc) is 2.94. The first-order valence-electron chi connectivity index (χ1n) is 15.3. The minimum absolute atomic E-state index is 0.110. The summed E-state index contributed by atoms with van der Waals surface area (Å²) in [5.74, 6) is 2.87. The molecule has 0 radical (unpaired) electrons.